The Morgan fingerprint density at radius 2 is 2.00 bits per heavy atom. The Hall–Kier alpha value is -1.13. The van der Waals surface area contributed by atoms with Crippen LogP contribution in [-0.4, -0.2) is 23.8 Å². The van der Waals surface area contributed by atoms with Crippen LogP contribution in [0.25, 0.3) is 0 Å². The van der Waals surface area contributed by atoms with Crippen molar-refractivity contribution >= 4 is 66.6 Å². The molecule has 2 rings (SSSR count). The molecule has 2 aromatic rings. The molecule has 0 atom stereocenters. The largest absolute Gasteiger partial charge is 0.506 e. The molecule has 0 aliphatic heterocycles. The fourth-order valence-corrected chi connectivity index (χ4v) is 3.19. The highest BCUT2D eigenvalue weighted by atomic mass is 127. The topological polar surface area (TPSA) is 70.9 Å². The number of nitrogens with zero attached hydrogens (tertiary/aromatic N) is 1. The number of phenolic OH excluding ortho intramolecular Hbond substituents is 1. The predicted molar refractivity (Wildman–Crippen MR) is 104 cm³/mol. The van der Waals surface area contributed by atoms with Gasteiger partial charge in [0, 0.05) is 13.6 Å². The first-order chi connectivity index (χ1) is 11.0. The zero-order valence-corrected chi connectivity index (χ0v) is 16.9. The summed E-state index contributed by atoms with van der Waals surface area (Å²) in [4.78, 5) is 11.7. The zero-order valence-electron chi connectivity index (χ0n) is 11.6. The molecule has 0 radical (unpaired) electrons. The van der Waals surface area contributed by atoms with Gasteiger partial charge in [0.15, 0.2) is 6.61 Å². The van der Waals surface area contributed by atoms with Crippen LogP contribution in [0.5, 0.6) is 11.5 Å². The molecule has 2 aromatic carbocycles. The maximum absolute atomic E-state index is 11.7. The van der Waals surface area contributed by atoms with Crippen molar-refractivity contribution < 1.29 is 14.6 Å². The Morgan fingerprint density at radius 3 is 2.70 bits per heavy atom. The molecule has 0 aliphatic carbocycles. The summed E-state index contributed by atoms with van der Waals surface area (Å²) in [5, 5.41) is 13.7. The van der Waals surface area contributed by atoms with Crippen molar-refractivity contribution in [3.05, 3.63) is 54.5 Å². The number of phenols is 1. The molecule has 0 unspecified atom stereocenters. The monoisotopic (exact) mass is 552 g/mol. The third-order valence-corrected chi connectivity index (χ3v) is 4.42. The zero-order chi connectivity index (χ0) is 16.8. The fourth-order valence-electron chi connectivity index (χ4n) is 1.57. The highest BCUT2D eigenvalue weighted by Crippen LogP contribution is 2.30. The lowest BCUT2D eigenvalue weighted by Gasteiger charge is -2.05. The first-order valence-electron chi connectivity index (χ1n) is 6.34. The minimum Gasteiger partial charge on any atom is -0.506 e. The number of nitrogens with one attached hydrogen (secondary N) is 1. The SMILES string of the molecule is O=C(COc1ccc(I)cc1)N/N=C/c1cc(Br)cc(Br)c1O. The van der Waals surface area contributed by atoms with Gasteiger partial charge in [0.2, 0.25) is 0 Å². The van der Waals surface area contributed by atoms with Crippen LogP contribution in [-0.2, 0) is 4.79 Å². The average Bonchev–Trinajstić information content (AvgIpc) is 2.51. The summed E-state index contributed by atoms with van der Waals surface area (Å²) in [6.07, 6.45) is 1.35. The summed E-state index contributed by atoms with van der Waals surface area (Å²) in [5.74, 6) is 0.257. The van der Waals surface area contributed by atoms with E-state index in [2.05, 4.69) is 65.0 Å². The molecule has 23 heavy (non-hydrogen) atoms. The van der Waals surface area contributed by atoms with Crippen molar-refractivity contribution in [1.82, 2.24) is 5.43 Å². The summed E-state index contributed by atoms with van der Waals surface area (Å²) in [6.45, 7) is -0.147. The van der Waals surface area contributed by atoms with Gasteiger partial charge >= 0.3 is 0 Å². The minimum absolute atomic E-state index is 0.0429. The van der Waals surface area contributed by atoms with E-state index in [4.69, 9.17) is 4.74 Å². The number of aromatic hydroxyl groups is 1. The number of rotatable bonds is 5. The number of hydrazone groups is 1. The van der Waals surface area contributed by atoms with E-state index < -0.39 is 5.91 Å². The van der Waals surface area contributed by atoms with E-state index in [1.54, 1.807) is 24.3 Å². The van der Waals surface area contributed by atoms with Crippen molar-refractivity contribution in [3.63, 3.8) is 0 Å². The Labute approximate surface area is 163 Å². The van der Waals surface area contributed by atoms with Crippen LogP contribution in [0.1, 0.15) is 5.56 Å². The molecule has 0 aliphatic rings. The highest BCUT2D eigenvalue weighted by Gasteiger charge is 2.06. The molecule has 0 saturated heterocycles. The van der Waals surface area contributed by atoms with Crippen molar-refractivity contribution in [3.8, 4) is 11.5 Å². The number of hydrogen-bond acceptors (Lipinski definition) is 4. The Morgan fingerprint density at radius 1 is 1.30 bits per heavy atom. The van der Waals surface area contributed by atoms with E-state index in [1.165, 1.54) is 6.21 Å². The third-order valence-electron chi connectivity index (χ3n) is 2.63. The number of carbonyl (C=O) groups is 1. The van der Waals surface area contributed by atoms with Crippen LogP contribution >= 0.6 is 54.5 Å². The van der Waals surface area contributed by atoms with Gasteiger partial charge in [-0.2, -0.15) is 5.10 Å². The Kier molecular flexibility index (Phi) is 6.85. The van der Waals surface area contributed by atoms with Gasteiger partial charge in [-0.3, -0.25) is 4.79 Å². The quantitative estimate of drug-likeness (QED) is 0.333. The number of ether oxygens (including phenoxy) is 1. The van der Waals surface area contributed by atoms with E-state index in [9.17, 15) is 9.90 Å². The van der Waals surface area contributed by atoms with E-state index >= 15 is 0 Å². The number of carbonyl (C=O) groups excluding carboxylic acids is 1. The first-order valence-corrected chi connectivity index (χ1v) is 9.00. The highest BCUT2D eigenvalue weighted by molar-refractivity contribution is 14.1. The lowest BCUT2D eigenvalue weighted by Crippen LogP contribution is -2.24. The summed E-state index contributed by atoms with van der Waals surface area (Å²) in [7, 11) is 0. The van der Waals surface area contributed by atoms with Crippen LogP contribution in [0.3, 0.4) is 0 Å². The Balaban J connectivity index is 1.88. The number of halogens is 3. The van der Waals surface area contributed by atoms with Gasteiger partial charge in [0.1, 0.15) is 11.5 Å². The van der Waals surface area contributed by atoms with E-state index in [-0.39, 0.29) is 12.4 Å². The molecular weight excluding hydrogens is 543 g/mol. The second-order valence-corrected chi connectivity index (χ2v) is 7.38. The molecular formula is C15H11Br2IN2O3. The Bertz CT molecular complexity index is 736. The van der Waals surface area contributed by atoms with Crippen LogP contribution < -0.4 is 10.2 Å². The third kappa shape index (κ3) is 5.78. The van der Waals surface area contributed by atoms with Gasteiger partial charge in [0.05, 0.1) is 10.7 Å². The summed E-state index contributed by atoms with van der Waals surface area (Å²) in [5.41, 5.74) is 2.80. The molecule has 0 spiro atoms. The molecule has 1 amide bonds. The lowest BCUT2D eigenvalue weighted by atomic mass is 10.2. The normalized spacial score (nSPS) is 10.7. The van der Waals surface area contributed by atoms with Crippen LogP contribution in [0.4, 0.5) is 0 Å². The average molecular weight is 554 g/mol. The number of hydrogen-bond donors (Lipinski definition) is 2. The van der Waals surface area contributed by atoms with E-state index in [0.717, 1.165) is 8.04 Å². The van der Waals surface area contributed by atoms with Crippen molar-refractivity contribution in [2.45, 2.75) is 0 Å². The predicted octanol–water partition coefficient (Wildman–Crippen LogP) is 4.05. The van der Waals surface area contributed by atoms with Crippen molar-refractivity contribution in [1.29, 1.82) is 0 Å². The second-order valence-electron chi connectivity index (χ2n) is 4.36. The standard InChI is InChI=1S/C15H11Br2IN2O3/c16-10-5-9(15(22)13(17)6-10)7-19-20-14(21)8-23-12-3-1-11(18)2-4-12/h1-7,22H,8H2,(H,20,21)/b19-7+. The molecule has 0 saturated carbocycles. The molecule has 8 heteroatoms. The fraction of sp³-hybridized carbons (Fsp3) is 0.0667. The maximum atomic E-state index is 11.7. The molecule has 5 nitrogen and oxygen atoms in total. The van der Waals surface area contributed by atoms with Crippen LogP contribution in [0.15, 0.2) is 50.4 Å². The van der Waals surface area contributed by atoms with Gasteiger partial charge in [-0.15, -0.1) is 0 Å². The van der Waals surface area contributed by atoms with Crippen molar-refractivity contribution in [2.24, 2.45) is 5.10 Å². The summed E-state index contributed by atoms with van der Waals surface area (Å²) in [6, 6.07) is 10.7. The van der Waals surface area contributed by atoms with Gasteiger partial charge in [-0.05, 0) is 74.9 Å². The minimum atomic E-state index is -0.395. The van der Waals surface area contributed by atoms with Crippen LogP contribution in [0.2, 0.25) is 0 Å². The molecule has 0 aromatic heterocycles. The molecule has 120 valence electrons. The van der Waals surface area contributed by atoms with Gasteiger partial charge in [0.25, 0.3) is 5.91 Å². The molecule has 0 bridgehead atoms. The maximum Gasteiger partial charge on any atom is 0.277 e. The molecule has 0 fully saturated rings. The summed E-state index contributed by atoms with van der Waals surface area (Å²) >= 11 is 8.73. The second kappa shape index (κ2) is 8.65. The molecule has 0 heterocycles. The first kappa shape index (κ1) is 18.2. The van der Waals surface area contributed by atoms with Gasteiger partial charge in [-0.25, -0.2) is 5.43 Å². The summed E-state index contributed by atoms with van der Waals surface area (Å²) < 4.78 is 7.73. The number of benzene rings is 2. The lowest BCUT2D eigenvalue weighted by molar-refractivity contribution is -0.123. The smallest absolute Gasteiger partial charge is 0.277 e. The van der Waals surface area contributed by atoms with E-state index in [0.29, 0.717) is 15.8 Å². The molecule has 2 N–H and O–H groups in total. The van der Waals surface area contributed by atoms with Crippen molar-refractivity contribution in [2.75, 3.05) is 6.61 Å². The van der Waals surface area contributed by atoms with E-state index in [1.807, 2.05) is 12.1 Å². The van der Waals surface area contributed by atoms with Crippen LogP contribution in [0, 0.1) is 3.57 Å². The van der Waals surface area contributed by atoms with Gasteiger partial charge < -0.3 is 9.84 Å². The van der Waals surface area contributed by atoms with Gasteiger partial charge in [-0.1, -0.05) is 15.9 Å². The number of amides is 1.